The van der Waals surface area contributed by atoms with Crippen molar-refractivity contribution in [1.82, 2.24) is 0 Å². The van der Waals surface area contributed by atoms with Crippen LogP contribution in [0.3, 0.4) is 0 Å². The van der Waals surface area contributed by atoms with Crippen LogP contribution in [0.1, 0.15) is 0 Å². The number of benzene rings is 1. The third kappa shape index (κ3) is 1.64. The van der Waals surface area contributed by atoms with Gasteiger partial charge in [0.15, 0.2) is 0 Å². The van der Waals surface area contributed by atoms with E-state index in [9.17, 15) is 0 Å². The lowest BCUT2D eigenvalue weighted by Crippen LogP contribution is -1.82. The van der Waals surface area contributed by atoms with Gasteiger partial charge in [0, 0.05) is 10.5 Å². The van der Waals surface area contributed by atoms with E-state index in [-0.39, 0.29) is 0 Å². The number of hydrogen-bond acceptors (Lipinski definition) is 1. The van der Waals surface area contributed by atoms with Crippen LogP contribution in [-0.4, -0.2) is 7.11 Å². The fourth-order valence-corrected chi connectivity index (χ4v) is 1.30. The Balaban J connectivity index is 3.07. The van der Waals surface area contributed by atoms with E-state index in [4.69, 9.17) is 16.3 Å². The van der Waals surface area contributed by atoms with E-state index in [1.165, 1.54) is 0 Å². The SMILES string of the molecule is COc1c[c]c(Br)cc1Cl. The van der Waals surface area contributed by atoms with Gasteiger partial charge in [0.1, 0.15) is 5.75 Å². The minimum Gasteiger partial charge on any atom is -0.495 e. The zero-order valence-corrected chi connectivity index (χ0v) is 7.66. The van der Waals surface area contributed by atoms with Gasteiger partial charge in [0.25, 0.3) is 0 Å². The van der Waals surface area contributed by atoms with Gasteiger partial charge in [0.2, 0.25) is 0 Å². The maximum absolute atomic E-state index is 5.75. The smallest absolute Gasteiger partial charge is 0.138 e. The molecule has 0 N–H and O–H groups in total. The normalized spacial score (nSPS) is 9.50. The van der Waals surface area contributed by atoms with Crippen molar-refractivity contribution in [3.8, 4) is 5.75 Å². The monoisotopic (exact) mass is 219 g/mol. The molecule has 53 valence electrons. The van der Waals surface area contributed by atoms with E-state index >= 15 is 0 Å². The molecule has 1 aromatic carbocycles. The van der Waals surface area contributed by atoms with E-state index in [1.807, 2.05) is 0 Å². The van der Waals surface area contributed by atoms with Gasteiger partial charge in [0.05, 0.1) is 12.1 Å². The van der Waals surface area contributed by atoms with Gasteiger partial charge < -0.3 is 4.74 Å². The fourth-order valence-electron chi connectivity index (χ4n) is 0.584. The molecule has 1 radical (unpaired) electrons. The van der Waals surface area contributed by atoms with Crippen molar-refractivity contribution >= 4 is 27.5 Å². The highest BCUT2D eigenvalue weighted by Crippen LogP contribution is 2.26. The first-order chi connectivity index (χ1) is 4.74. The van der Waals surface area contributed by atoms with E-state index in [2.05, 4.69) is 22.0 Å². The molecule has 10 heavy (non-hydrogen) atoms. The molecule has 1 rings (SSSR count). The minimum atomic E-state index is 0.591. The lowest BCUT2D eigenvalue weighted by molar-refractivity contribution is 0.415. The molecule has 0 saturated carbocycles. The largest absolute Gasteiger partial charge is 0.495 e. The minimum absolute atomic E-state index is 0.591. The third-order valence-corrected chi connectivity index (χ3v) is 1.80. The summed E-state index contributed by atoms with van der Waals surface area (Å²) in [6.45, 7) is 0. The zero-order valence-electron chi connectivity index (χ0n) is 5.32. The third-order valence-electron chi connectivity index (χ3n) is 1.05. The van der Waals surface area contributed by atoms with Crippen LogP contribution in [0.15, 0.2) is 16.6 Å². The van der Waals surface area contributed by atoms with Crippen LogP contribution < -0.4 is 4.74 Å². The Morgan fingerprint density at radius 1 is 1.70 bits per heavy atom. The van der Waals surface area contributed by atoms with Crippen molar-refractivity contribution in [2.75, 3.05) is 7.11 Å². The predicted molar refractivity (Wildman–Crippen MR) is 44.5 cm³/mol. The van der Waals surface area contributed by atoms with Crippen LogP contribution in [0.25, 0.3) is 0 Å². The molecule has 0 amide bonds. The molecule has 0 aliphatic rings. The first-order valence-electron chi connectivity index (χ1n) is 2.65. The quantitative estimate of drug-likeness (QED) is 0.707. The molecule has 1 aromatic rings. The highest BCUT2D eigenvalue weighted by molar-refractivity contribution is 9.10. The summed E-state index contributed by atoms with van der Waals surface area (Å²) < 4.78 is 5.75. The lowest BCUT2D eigenvalue weighted by Gasteiger charge is -2.00. The van der Waals surface area contributed by atoms with E-state index in [0.717, 1.165) is 4.47 Å². The standard InChI is InChI=1S/C7H5BrClO/c1-10-7-3-2-5(8)4-6(7)9/h3-4H,1H3. The molecule has 0 spiro atoms. The van der Waals surface area contributed by atoms with Gasteiger partial charge in [-0.15, -0.1) is 0 Å². The Labute approximate surface area is 73.1 Å². The molecule has 0 atom stereocenters. The van der Waals surface area contributed by atoms with Crippen molar-refractivity contribution in [3.63, 3.8) is 0 Å². The number of rotatable bonds is 1. The molecule has 0 aliphatic carbocycles. The summed E-state index contributed by atoms with van der Waals surface area (Å²) in [5.74, 6) is 0.643. The number of methoxy groups -OCH3 is 1. The lowest BCUT2D eigenvalue weighted by atomic mass is 10.3. The predicted octanol–water partition coefficient (Wildman–Crippen LogP) is 2.91. The van der Waals surface area contributed by atoms with E-state index in [1.54, 1.807) is 19.2 Å². The van der Waals surface area contributed by atoms with Crippen molar-refractivity contribution in [2.45, 2.75) is 0 Å². The fraction of sp³-hybridized carbons (Fsp3) is 0.143. The molecule has 0 unspecified atom stereocenters. The summed E-state index contributed by atoms with van der Waals surface area (Å²) in [7, 11) is 1.57. The van der Waals surface area contributed by atoms with Crippen molar-refractivity contribution in [1.29, 1.82) is 0 Å². The number of halogens is 2. The Morgan fingerprint density at radius 2 is 2.40 bits per heavy atom. The summed E-state index contributed by atoms with van der Waals surface area (Å²) in [6, 6.07) is 6.32. The second-order valence-electron chi connectivity index (χ2n) is 1.70. The molecule has 3 heteroatoms. The first-order valence-corrected chi connectivity index (χ1v) is 3.82. The van der Waals surface area contributed by atoms with Crippen LogP contribution in [-0.2, 0) is 0 Å². The summed E-state index contributed by atoms with van der Waals surface area (Å²) in [4.78, 5) is 0. The molecule has 0 aromatic heterocycles. The Morgan fingerprint density at radius 3 is 2.90 bits per heavy atom. The summed E-state index contributed by atoms with van der Waals surface area (Å²) in [6.07, 6.45) is 0. The molecular weight excluding hydrogens is 215 g/mol. The number of hydrogen-bond donors (Lipinski definition) is 0. The van der Waals surface area contributed by atoms with Gasteiger partial charge in [-0.25, -0.2) is 0 Å². The Kier molecular flexibility index (Phi) is 2.57. The highest BCUT2D eigenvalue weighted by Gasteiger charge is 1.98. The second kappa shape index (κ2) is 3.26. The van der Waals surface area contributed by atoms with Crippen molar-refractivity contribution in [3.05, 3.63) is 27.7 Å². The Bertz CT molecular complexity index is 237. The van der Waals surface area contributed by atoms with E-state index < -0.39 is 0 Å². The molecule has 0 fully saturated rings. The maximum Gasteiger partial charge on any atom is 0.138 e. The molecule has 0 bridgehead atoms. The molecule has 0 heterocycles. The van der Waals surface area contributed by atoms with Crippen LogP contribution in [0.4, 0.5) is 0 Å². The second-order valence-corrected chi connectivity index (χ2v) is 2.96. The Hall–Kier alpha value is -0.210. The number of ether oxygens (including phenoxy) is 1. The average molecular weight is 220 g/mol. The van der Waals surface area contributed by atoms with Gasteiger partial charge in [-0.1, -0.05) is 27.5 Å². The first kappa shape index (κ1) is 7.89. The van der Waals surface area contributed by atoms with Gasteiger partial charge in [-0.3, -0.25) is 0 Å². The molecule has 0 saturated heterocycles. The van der Waals surface area contributed by atoms with Crippen LogP contribution in [0, 0.1) is 6.07 Å². The summed E-state index contributed by atoms with van der Waals surface area (Å²) in [5, 5.41) is 0.591. The average Bonchev–Trinajstić information content (AvgIpc) is 1.88. The van der Waals surface area contributed by atoms with E-state index in [0.29, 0.717) is 10.8 Å². The van der Waals surface area contributed by atoms with Crippen molar-refractivity contribution in [2.24, 2.45) is 0 Å². The van der Waals surface area contributed by atoms with Crippen LogP contribution in [0.2, 0.25) is 5.02 Å². The van der Waals surface area contributed by atoms with Crippen LogP contribution >= 0.6 is 27.5 Å². The maximum atomic E-state index is 5.75. The van der Waals surface area contributed by atoms with Crippen LogP contribution in [0.5, 0.6) is 5.75 Å². The molecule has 0 aliphatic heterocycles. The van der Waals surface area contributed by atoms with Gasteiger partial charge in [-0.2, -0.15) is 0 Å². The van der Waals surface area contributed by atoms with Crippen molar-refractivity contribution < 1.29 is 4.74 Å². The zero-order chi connectivity index (χ0) is 7.56. The summed E-state index contributed by atoms with van der Waals surface area (Å²) in [5.41, 5.74) is 0. The highest BCUT2D eigenvalue weighted by atomic mass is 79.9. The topological polar surface area (TPSA) is 9.23 Å². The van der Waals surface area contributed by atoms with Gasteiger partial charge >= 0.3 is 0 Å². The molecule has 1 nitrogen and oxygen atoms in total. The molecular formula is C7H5BrClO. The summed E-state index contributed by atoms with van der Waals surface area (Å²) >= 11 is 8.98. The van der Waals surface area contributed by atoms with Gasteiger partial charge in [-0.05, 0) is 12.1 Å².